The van der Waals surface area contributed by atoms with Crippen LogP contribution >= 0.6 is 11.8 Å². The summed E-state index contributed by atoms with van der Waals surface area (Å²) in [6.07, 6.45) is 2.04. The van der Waals surface area contributed by atoms with Gasteiger partial charge in [-0.1, -0.05) is 23.4 Å². The fourth-order valence-corrected chi connectivity index (χ4v) is 2.45. The number of nitro groups is 1. The van der Waals surface area contributed by atoms with Crippen LogP contribution in [0.5, 0.6) is 0 Å². The first-order chi connectivity index (χ1) is 7.43. The average molecular weight is 241 g/mol. The molecule has 5 nitrogen and oxygen atoms in total. The molecule has 0 bridgehead atoms. The summed E-state index contributed by atoms with van der Waals surface area (Å²) >= 11 is 1.43. The van der Waals surface area contributed by atoms with E-state index in [9.17, 15) is 10.1 Å². The Hall–Kier alpha value is -1.30. The third-order valence-corrected chi connectivity index (χ3v) is 3.10. The summed E-state index contributed by atoms with van der Waals surface area (Å²) in [4.78, 5) is 10.5. The maximum Gasteiger partial charge on any atom is 0.323 e. The molecule has 1 aromatic heterocycles. The van der Waals surface area contributed by atoms with Gasteiger partial charge in [-0.3, -0.25) is 14.8 Å². The van der Waals surface area contributed by atoms with Crippen molar-refractivity contribution in [2.75, 3.05) is 5.75 Å². The smallest absolute Gasteiger partial charge is 0.258 e. The second-order valence-electron chi connectivity index (χ2n) is 3.71. The molecular formula is C10H15N3O2S. The maximum absolute atomic E-state index is 10.9. The van der Waals surface area contributed by atoms with Gasteiger partial charge in [0.05, 0.1) is 4.92 Å². The van der Waals surface area contributed by atoms with E-state index in [1.807, 2.05) is 19.9 Å². The zero-order valence-electron chi connectivity index (χ0n) is 9.85. The highest BCUT2D eigenvalue weighted by Crippen LogP contribution is 2.31. The standard InChI is InChI=1S/C10H15N3O2S/c1-7(2)5-6-16-10-9(13(14)15)8(3)11-12(10)4/h5H,6H2,1-4H3. The quantitative estimate of drug-likeness (QED) is 0.352. The summed E-state index contributed by atoms with van der Waals surface area (Å²) in [5.74, 6) is 0.724. The molecule has 16 heavy (non-hydrogen) atoms. The number of allylic oxidation sites excluding steroid dienone is 1. The van der Waals surface area contributed by atoms with Gasteiger partial charge in [-0.25, -0.2) is 0 Å². The van der Waals surface area contributed by atoms with Crippen LogP contribution in [0.15, 0.2) is 16.7 Å². The normalized spacial score (nSPS) is 10.2. The molecule has 0 spiro atoms. The highest BCUT2D eigenvalue weighted by atomic mass is 32.2. The minimum Gasteiger partial charge on any atom is -0.258 e. The van der Waals surface area contributed by atoms with Gasteiger partial charge in [0, 0.05) is 12.8 Å². The van der Waals surface area contributed by atoms with Gasteiger partial charge in [-0.2, -0.15) is 5.10 Å². The molecule has 0 saturated heterocycles. The SMILES string of the molecule is CC(C)=CCSc1c([N+](=O)[O-])c(C)nn1C. The molecule has 0 aliphatic heterocycles. The summed E-state index contributed by atoms with van der Waals surface area (Å²) in [6.45, 7) is 5.66. The molecule has 1 rings (SSSR count). The first-order valence-electron chi connectivity index (χ1n) is 4.87. The fraction of sp³-hybridized carbons (Fsp3) is 0.500. The molecular weight excluding hydrogens is 226 g/mol. The summed E-state index contributed by atoms with van der Waals surface area (Å²) in [5, 5.41) is 15.6. The van der Waals surface area contributed by atoms with E-state index in [4.69, 9.17) is 0 Å². The van der Waals surface area contributed by atoms with E-state index in [1.165, 1.54) is 17.3 Å². The number of thioether (sulfide) groups is 1. The zero-order chi connectivity index (χ0) is 12.3. The van der Waals surface area contributed by atoms with Crippen LogP contribution in [-0.2, 0) is 7.05 Å². The lowest BCUT2D eigenvalue weighted by Crippen LogP contribution is -1.95. The highest BCUT2D eigenvalue weighted by Gasteiger charge is 2.23. The summed E-state index contributed by atoms with van der Waals surface area (Å²) < 4.78 is 1.57. The van der Waals surface area contributed by atoms with Crippen LogP contribution in [0.3, 0.4) is 0 Å². The summed E-state index contributed by atoms with van der Waals surface area (Å²) in [6, 6.07) is 0. The second kappa shape index (κ2) is 5.16. The van der Waals surface area contributed by atoms with Gasteiger partial charge < -0.3 is 0 Å². The number of nitrogens with zero attached hydrogens (tertiary/aromatic N) is 3. The monoisotopic (exact) mass is 241 g/mol. The number of aryl methyl sites for hydroxylation is 2. The van der Waals surface area contributed by atoms with Crippen molar-refractivity contribution in [3.05, 3.63) is 27.5 Å². The van der Waals surface area contributed by atoms with E-state index >= 15 is 0 Å². The van der Waals surface area contributed by atoms with Gasteiger partial charge >= 0.3 is 5.69 Å². The minimum absolute atomic E-state index is 0.120. The van der Waals surface area contributed by atoms with Crippen molar-refractivity contribution in [3.63, 3.8) is 0 Å². The second-order valence-corrected chi connectivity index (χ2v) is 4.72. The van der Waals surface area contributed by atoms with Crippen LogP contribution in [-0.4, -0.2) is 20.5 Å². The van der Waals surface area contributed by atoms with Crippen LogP contribution in [0.25, 0.3) is 0 Å². The Morgan fingerprint density at radius 3 is 2.75 bits per heavy atom. The van der Waals surface area contributed by atoms with Crippen LogP contribution in [0.2, 0.25) is 0 Å². The van der Waals surface area contributed by atoms with E-state index in [0.717, 1.165) is 5.75 Å². The van der Waals surface area contributed by atoms with Gasteiger partial charge in [-0.15, -0.1) is 0 Å². The highest BCUT2D eigenvalue weighted by molar-refractivity contribution is 7.99. The summed E-state index contributed by atoms with van der Waals surface area (Å²) in [7, 11) is 1.73. The number of rotatable bonds is 4. The van der Waals surface area contributed by atoms with Crippen molar-refractivity contribution in [2.24, 2.45) is 7.05 Å². The Balaban J connectivity index is 2.94. The van der Waals surface area contributed by atoms with Crippen LogP contribution < -0.4 is 0 Å². The number of hydrogen-bond donors (Lipinski definition) is 0. The Morgan fingerprint density at radius 2 is 2.25 bits per heavy atom. The fourth-order valence-electron chi connectivity index (χ4n) is 1.29. The molecule has 0 radical (unpaired) electrons. The van der Waals surface area contributed by atoms with Crippen LogP contribution in [0.4, 0.5) is 5.69 Å². The molecule has 6 heteroatoms. The van der Waals surface area contributed by atoms with E-state index in [0.29, 0.717) is 10.7 Å². The lowest BCUT2D eigenvalue weighted by molar-refractivity contribution is -0.388. The topological polar surface area (TPSA) is 61.0 Å². The molecule has 0 unspecified atom stereocenters. The molecule has 0 aromatic carbocycles. The van der Waals surface area contributed by atoms with Crippen LogP contribution in [0.1, 0.15) is 19.5 Å². The first-order valence-corrected chi connectivity index (χ1v) is 5.86. The average Bonchev–Trinajstić information content (AvgIpc) is 2.40. The molecule has 0 atom stereocenters. The van der Waals surface area contributed by atoms with Crippen molar-refractivity contribution in [1.82, 2.24) is 9.78 Å². The molecule has 0 aliphatic carbocycles. The molecule has 88 valence electrons. The van der Waals surface area contributed by atoms with E-state index in [-0.39, 0.29) is 10.6 Å². The molecule has 0 N–H and O–H groups in total. The van der Waals surface area contributed by atoms with Gasteiger partial charge in [0.1, 0.15) is 5.69 Å². The Kier molecular flexibility index (Phi) is 4.12. The van der Waals surface area contributed by atoms with Gasteiger partial charge in [0.2, 0.25) is 0 Å². The van der Waals surface area contributed by atoms with Crippen LogP contribution in [0, 0.1) is 17.0 Å². The van der Waals surface area contributed by atoms with Gasteiger partial charge in [-0.05, 0) is 20.8 Å². The molecule has 0 aliphatic rings. The lowest BCUT2D eigenvalue weighted by atomic mass is 10.3. The van der Waals surface area contributed by atoms with Gasteiger partial charge in [0.15, 0.2) is 5.03 Å². The Morgan fingerprint density at radius 1 is 1.62 bits per heavy atom. The van der Waals surface area contributed by atoms with E-state index in [1.54, 1.807) is 18.7 Å². The molecule has 0 amide bonds. The molecule has 1 aromatic rings. The van der Waals surface area contributed by atoms with Crippen molar-refractivity contribution in [1.29, 1.82) is 0 Å². The van der Waals surface area contributed by atoms with Crippen molar-refractivity contribution in [3.8, 4) is 0 Å². The number of aromatic nitrogens is 2. The predicted molar refractivity (Wildman–Crippen MR) is 64.8 cm³/mol. The van der Waals surface area contributed by atoms with Crippen molar-refractivity contribution in [2.45, 2.75) is 25.8 Å². The largest absolute Gasteiger partial charge is 0.323 e. The maximum atomic E-state index is 10.9. The number of hydrogen-bond acceptors (Lipinski definition) is 4. The van der Waals surface area contributed by atoms with E-state index in [2.05, 4.69) is 5.10 Å². The molecule has 1 heterocycles. The zero-order valence-corrected chi connectivity index (χ0v) is 10.7. The van der Waals surface area contributed by atoms with E-state index < -0.39 is 0 Å². The third kappa shape index (κ3) is 2.85. The Bertz CT molecular complexity index is 434. The Labute approximate surface area is 98.7 Å². The van der Waals surface area contributed by atoms with Gasteiger partial charge in [0.25, 0.3) is 0 Å². The lowest BCUT2D eigenvalue weighted by Gasteiger charge is -1.98. The van der Waals surface area contributed by atoms with Crippen molar-refractivity contribution >= 4 is 17.4 Å². The minimum atomic E-state index is -0.368. The summed E-state index contributed by atoms with van der Waals surface area (Å²) in [5.41, 5.74) is 1.79. The van der Waals surface area contributed by atoms with Crippen molar-refractivity contribution < 1.29 is 4.92 Å². The predicted octanol–water partition coefficient (Wildman–Crippen LogP) is 2.70. The molecule has 0 saturated carbocycles. The third-order valence-electron chi connectivity index (χ3n) is 2.03. The molecule has 0 fully saturated rings. The first kappa shape index (κ1) is 12.8.